The summed E-state index contributed by atoms with van der Waals surface area (Å²) >= 11 is 3.30. The molecule has 0 saturated heterocycles. The molecule has 0 spiro atoms. The molecule has 0 saturated carbocycles. The highest BCUT2D eigenvalue weighted by atomic mass is 79.9. The number of ether oxygens (including phenoxy) is 1. The van der Waals surface area contributed by atoms with Crippen molar-refractivity contribution < 1.29 is 14.3 Å². The van der Waals surface area contributed by atoms with E-state index in [4.69, 9.17) is 4.74 Å². The maximum Gasteiger partial charge on any atom is 0.412 e. The van der Waals surface area contributed by atoms with Crippen LogP contribution >= 0.6 is 15.9 Å². The van der Waals surface area contributed by atoms with Crippen LogP contribution in [0, 0.1) is 0 Å². The second kappa shape index (κ2) is 7.44. The summed E-state index contributed by atoms with van der Waals surface area (Å²) < 4.78 is 5.95. The van der Waals surface area contributed by atoms with Gasteiger partial charge in [-0.1, -0.05) is 6.07 Å². The Hall–Kier alpha value is -2.41. The van der Waals surface area contributed by atoms with E-state index in [0.717, 1.165) is 4.47 Å². The van der Waals surface area contributed by atoms with Crippen molar-refractivity contribution in [2.24, 2.45) is 0 Å². The van der Waals surface area contributed by atoms with Crippen molar-refractivity contribution in [2.75, 3.05) is 10.6 Å². The van der Waals surface area contributed by atoms with E-state index in [-0.39, 0.29) is 5.91 Å². The maximum absolute atomic E-state index is 12.3. The highest BCUT2D eigenvalue weighted by Crippen LogP contribution is 2.17. The predicted molar refractivity (Wildman–Crippen MR) is 96.2 cm³/mol. The molecule has 7 heteroatoms. The third-order valence-electron chi connectivity index (χ3n) is 2.73. The standard InChI is InChI=1S/C17H18BrN3O3/c1-17(2,3)24-16(23)21-13-6-4-5-11(7-13)15(22)20-14-8-12(18)9-19-10-14/h4-10H,1-3H3,(H,20,22)(H,21,23). The van der Waals surface area contributed by atoms with E-state index in [2.05, 4.69) is 31.5 Å². The van der Waals surface area contributed by atoms with Crippen molar-refractivity contribution in [3.63, 3.8) is 0 Å². The van der Waals surface area contributed by atoms with E-state index >= 15 is 0 Å². The van der Waals surface area contributed by atoms with Crippen LogP contribution in [0.3, 0.4) is 0 Å². The van der Waals surface area contributed by atoms with Crippen molar-refractivity contribution in [1.29, 1.82) is 0 Å². The van der Waals surface area contributed by atoms with E-state index < -0.39 is 11.7 Å². The Morgan fingerprint density at radius 1 is 1.08 bits per heavy atom. The van der Waals surface area contributed by atoms with Gasteiger partial charge in [0.05, 0.1) is 11.9 Å². The average Bonchev–Trinajstić information content (AvgIpc) is 2.45. The van der Waals surface area contributed by atoms with Crippen LogP contribution in [0.2, 0.25) is 0 Å². The zero-order chi connectivity index (χ0) is 17.7. The number of nitrogens with one attached hydrogen (secondary N) is 2. The summed E-state index contributed by atoms with van der Waals surface area (Å²) in [5.41, 5.74) is 0.861. The zero-order valence-corrected chi connectivity index (χ0v) is 15.2. The molecule has 2 aromatic rings. The highest BCUT2D eigenvalue weighted by molar-refractivity contribution is 9.10. The maximum atomic E-state index is 12.3. The van der Waals surface area contributed by atoms with Gasteiger partial charge >= 0.3 is 6.09 Å². The molecule has 2 amide bonds. The van der Waals surface area contributed by atoms with Crippen molar-refractivity contribution in [3.8, 4) is 0 Å². The highest BCUT2D eigenvalue weighted by Gasteiger charge is 2.16. The Bertz CT molecular complexity index is 757. The van der Waals surface area contributed by atoms with Gasteiger partial charge in [-0.2, -0.15) is 0 Å². The molecule has 0 aliphatic rings. The number of benzene rings is 1. The molecule has 1 aromatic heterocycles. The normalized spacial score (nSPS) is 10.8. The van der Waals surface area contributed by atoms with Gasteiger partial charge in [0.1, 0.15) is 5.60 Å². The molecule has 126 valence electrons. The molecule has 0 fully saturated rings. The fourth-order valence-electron chi connectivity index (χ4n) is 1.84. The summed E-state index contributed by atoms with van der Waals surface area (Å²) in [6.45, 7) is 5.34. The average molecular weight is 392 g/mol. The fourth-order valence-corrected chi connectivity index (χ4v) is 2.21. The molecule has 24 heavy (non-hydrogen) atoms. The number of amides is 2. The predicted octanol–water partition coefficient (Wildman–Crippen LogP) is 4.44. The Morgan fingerprint density at radius 2 is 1.83 bits per heavy atom. The third-order valence-corrected chi connectivity index (χ3v) is 3.17. The largest absolute Gasteiger partial charge is 0.444 e. The number of nitrogens with zero attached hydrogens (tertiary/aromatic N) is 1. The van der Waals surface area contributed by atoms with Gasteiger partial charge in [-0.15, -0.1) is 0 Å². The lowest BCUT2D eigenvalue weighted by atomic mass is 10.2. The molecule has 0 aliphatic heterocycles. The first-order valence-corrected chi connectivity index (χ1v) is 8.04. The van der Waals surface area contributed by atoms with Gasteiger partial charge in [-0.25, -0.2) is 4.79 Å². The van der Waals surface area contributed by atoms with Crippen LogP contribution in [0.1, 0.15) is 31.1 Å². The van der Waals surface area contributed by atoms with E-state index in [9.17, 15) is 9.59 Å². The molecule has 2 N–H and O–H groups in total. The lowest BCUT2D eigenvalue weighted by molar-refractivity contribution is 0.0635. The molecule has 2 rings (SSSR count). The SMILES string of the molecule is CC(C)(C)OC(=O)Nc1cccc(C(=O)Nc2cncc(Br)c2)c1. The Balaban J connectivity index is 2.06. The van der Waals surface area contributed by atoms with Crippen LogP contribution in [0.15, 0.2) is 47.2 Å². The number of carbonyl (C=O) groups excluding carboxylic acids is 2. The van der Waals surface area contributed by atoms with Crippen LogP contribution in [-0.2, 0) is 4.74 Å². The topological polar surface area (TPSA) is 80.3 Å². The van der Waals surface area contributed by atoms with Crippen LogP contribution < -0.4 is 10.6 Å². The minimum Gasteiger partial charge on any atom is -0.444 e. The van der Waals surface area contributed by atoms with E-state index in [1.807, 2.05) is 0 Å². The monoisotopic (exact) mass is 391 g/mol. The molecule has 6 nitrogen and oxygen atoms in total. The van der Waals surface area contributed by atoms with Gasteiger partial charge in [0.25, 0.3) is 5.91 Å². The number of hydrogen-bond acceptors (Lipinski definition) is 4. The first kappa shape index (κ1) is 17.9. The Morgan fingerprint density at radius 3 is 2.50 bits per heavy atom. The van der Waals surface area contributed by atoms with Gasteiger partial charge in [0.15, 0.2) is 0 Å². The van der Waals surface area contributed by atoms with Gasteiger partial charge < -0.3 is 10.1 Å². The molecule has 0 bridgehead atoms. The van der Waals surface area contributed by atoms with Crippen molar-refractivity contribution in [1.82, 2.24) is 4.98 Å². The molecule has 0 unspecified atom stereocenters. The third kappa shape index (κ3) is 5.66. The Kier molecular flexibility index (Phi) is 5.56. The first-order chi connectivity index (χ1) is 11.2. The number of rotatable bonds is 3. The van der Waals surface area contributed by atoms with Crippen LogP contribution in [-0.4, -0.2) is 22.6 Å². The summed E-state index contributed by atoms with van der Waals surface area (Å²) in [4.78, 5) is 28.1. The van der Waals surface area contributed by atoms with Gasteiger partial charge in [0.2, 0.25) is 0 Å². The lowest BCUT2D eigenvalue weighted by Crippen LogP contribution is -2.27. The first-order valence-electron chi connectivity index (χ1n) is 7.25. The van der Waals surface area contributed by atoms with Crippen molar-refractivity contribution >= 4 is 39.3 Å². The molecule has 0 atom stereocenters. The van der Waals surface area contributed by atoms with E-state index in [0.29, 0.717) is 16.9 Å². The van der Waals surface area contributed by atoms with Gasteiger partial charge in [-0.3, -0.25) is 15.1 Å². The number of carbonyl (C=O) groups is 2. The van der Waals surface area contributed by atoms with Crippen molar-refractivity contribution in [3.05, 3.63) is 52.8 Å². The summed E-state index contributed by atoms with van der Waals surface area (Å²) in [7, 11) is 0. The van der Waals surface area contributed by atoms with Crippen molar-refractivity contribution in [2.45, 2.75) is 26.4 Å². The quantitative estimate of drug-likeness (QED) is 0.809. The minimum atomic E-state index is -0.591. The molecular weight excluding hydrogens is 374 g/mol. The van der Waals surface area contributed by atoms with Crippen LogP contribution in [0.5, 0.6) is 0 Å². The number of halogens is 1. The molecular formula is C17H18BrN3O3. The Labute approximate surface area is 148 Å². The molecule has 1 aromatic carbocycles. The zero-order valence-electron chi connectivity index (χ0n) is 13.6. The molecule has 0 aliphatic carbocycles. The summed E-state index contributed by atoms with van der Waals surface area (Å²) in [6.07, 6.45) is 2.60. The molecule has 1 heterocycles. The van der Waals surface area contributed by atoms with E-state index in [1.54, 1.807) is 63.5 Å². The summed E-state index contributed by atoms with van der Waals surface area (Å²) in [5, 5.41) is 5.35. The number of anilines is 2. The van der Waals surface area contributed by atoms with Crippen LogP contribution in [0.4, 0.5) is 16.2 Å². The number of hydrogen-bond donors (Lipinski definition) is 2. The minimum absolute atomic E-state index is 0.303. The second-order valence-electron chi connectivity index (χ2n) is 6.05. The number of pyridine rings is 1. The number of aromatic nitrogens is 1. The summed E-state index contributed by atoms with van der Waals surface area (Å²) in [5.74, 6) is -0.303. The van der Waals surface area contributed by atoms with Gasteiger partial charge in [-0.05, 0) is 61.0 Å². The van der Waals surface area contributed by atoms with Crippen LogP contribution in [0.25, 0.3) is 0 Å². The smallest absolute Gasteiger partial charge is 0.412 e. The fraction of sp³-hybridized carbons (Fsp3) is 0.235. The van der Waals surface area contributed by atoms with E-state index in [1.165, 1.54) is 0 Å². The molecule has 0 radical (unpaired) electrons. The lowest BCUT2D eigenvalue weighted by Gasteiger charge is -2.19. The summed E-state index contributed by atoms with van der Waals surface area (Å²) in [6, 6.07) is 8.33. The van der Waals surface area contributed by atoms with Gasteiger partial charge in [0, 0.05) is 21.9 Å². The second-order valence-corrected chi connectivity index (χ2v) is 6.97.